The summed E-state index contributed by atoms with van der Waals surface area (Å²) in [5, 5.41) is 0. The van der Waals surface area contributed by atoms with Crippen LogP contribution in [0.25, 0.3) is 0 Å². The van der Waals surface area contributed by atoms with Crippen LogP contribution in [0.15, 0.2) is 6.20 Å². The van der Waals surface area contributed by atoms with Gasteiger partial charge in [0.2, 0.25) is 0 Å². The third-order valence-electron chi connectivity index (χ3n) is 2.29. The maximum atomic E-state index is 5.73. The molecular weight excluding hydrogens is 224 g/mol. The van der Waals surface area contributed by atoms with Crippen molar-refractivity contribution in [3.05, 3.63) is 17.5 Å². The van der Waals surface area contributed by atoms with Crippen LogP contribution in [0.2, 0.25) is 0 Å². The molecule has 0 bridgehead atoms. The Morgan fingerprint density at radius 2 is 2.06 bits per heavy atom. The van der Waals surface area contributed by atoms with E-state index in [1.165, 1.54) is 0 Å². The number of hydrogen-bond donors (Lipinski definition) is 0. The molecule has 0 aliphatic carbocycles. The minimum Gasteiger partial charge on any atom is -0.463 e. The van der Waals surface area contributed by atoms with Crippen molar-refractivity contribution in [2.24, 2.45) is 5.41 Å². The van der Waals surface area contributed by atoms with E-state index in [9.17, 15) is 0 Å². The molecule has 1 aromatic heterocycles. The largest absolute Gasteiger partial charge is 0.463 e. The van der Waals surface area contributed by atoms with Crippen LogP contribution in [0.4, 0.5) is 0 Å². The zero-order valence-corrected chi connectivity index (χ0v) is 11.1. The van der Waals surface area contributed by atoms with E-state index < -0.39 is 0 Å². The minimum atomic E-state index is 0.269. The molecule has 1 aromatic rings. The molecule has 90 valence electrons. The van der Waals surface area contributed by atoms with Crippen molar-refractivity contribution in [3.8, 4) is 6.01 Å². The van der Waals surface area contributed by atoms with Gasteiger partial charge in [0, 0.05) is 17.5 Å². The van der Waals surface area contributed by atoms with Crippen LogP contribution >= 0.6 is 11.6 Å². The maximum absolute atomic E-state index is 5.73. The van der Waals surface area contributed by atoms with Gasteiger partial charge >= 0.3 is 6.01 Å². The third kappa shape index (κ3) is 4.35. The molecule has 0 atom stereocenters. The normalized spacial score (nSPS) is 11.6. The monoisotopic (exact) mass is 242 g/mol. The van der Waals surface area contributed by atoms with E-state index in [4.69, 9.17) is 16.3 Å². The molecule has 0 aliphatic heterocycles. The third-order valence-corrected chi connectivity index (χ3v) is 2.57. The molecule has 4 heteroatoms. The Hall–Kier alpha value is -0.830. The van der Waals surface area contributed by atoms with Gasteiger partial charge in [-0.3, -0.25) is 0 Å². The lowest BCUT2D eigenvalue weighted by molar-refractivity contribution is 0.228. The molecule has 16 heavy (non-hydrogen) atoms. The van der Waals surface area contributed by atoms with Gasteiger partial charge in [0.05, 0.1) is 12.5 Å². The molecule has 0 saturated carbocycles. The van der Waals surface area contributed by atoms with Crippen LogP contribution in [0.3, 0.4) is 0 Å². The van der Waals surface area contributed by atoms with Gasteiger partial charge in [-0.1, -0.05) is 20.8 Å². The van der Waals surface area contributed by atoms with E-state index in [-0.39, 0.29) is 5.41 Å². The fourth-order valence-corrected chi connectivity index (χ4v) is 1.38. The second kappa shape index (κ2) is 5.48. The van der Waals surface area contributed by atoms with Crippen molar-refractivity contribution < 1.29 is 4.74 Å². The van der Waals surface area contributed by atoms with Crippen molar-refractivity contribution >= 4 is 11.6 Å². The molecule has 0 N–H and O–H groups in total. The highest BCUT2D eigenvalue weighted by Gasteiger charge is 2.10. The Balaban J connectivity index is 2.52. The van der Waals surface area contributed by atoms with Gasteiger partial charge in [0.1, 0.15) is 0 Å². The van der Waals surface area contributed by atoms with Crippen LogP contribution in [0.1, 0.15) is 38.4 Å². The highest BCUT2D eigenvalue weighted by molar-refractivity contribution is 6.17. The van der Waals surface area contributed by atoms with Crippen LogP contribution in [-0.4, -0.2) is 16.6 Å². The van der Waals surface area contributed by atoms with Gasteiger partial charge in [-0.2, -0.15) is 0 Å². The number of hydrogen-bond acceptors (Lipinski definition) is 3. The SMILES string of the molecule is Cc1nc(OCCC(C)(C)C)ncc1CCl. The Morgan fingerprint density at radius 3 is 2.56 bits per heavy atom. The van der Waals surface area contributed by atoms with Crippen LogP contribution in [0.5, 0.6) is 6.01 Å². The molecule has 0 radical (unpaired) electrons. The fourth-order valence-electron chi connectivity index (χ4n) is 1.12. The van der Waals surface area contributed by atoms with E-state index >= 15 is 0 Å². The standard InChI is InChI=1S/C12H19ClN2O/c1-9-10(7-13)8-14-11(15-9)16-6-5-12(2,3)4/h8H,5-7H2,1-4H3. The van der Waals surface area contributed by atoms with Crippen LogP contribution < -0.4 is 4.74 Å². The molecule has 1 heterocycles. The van der Waals surface area contributed by atoms with Crippen molar-refractivity contribution in [1.29, 1.82) is 0 Å². The predicted octanol–water partition coefficient (Wildman–Crippen LogP) is 3.34. The van der Waals surface area contributed by atoms with E-state index in [2.05, 4.69) is 30.7 Å². The first-order valence-corrected chi connectivity index (χ1v) is 5.97. The Morgan fingerprint density at radius 1 is 1.38 bits per heavy atom. The summed E-state index contributed by atoms with van der Waals surface area (Å²) in [5.41, 5.74) is 2.10. The zero-order chi connectivity index (χ0) is 12.2. The lowest BCUT2D eigenvalue weighted by Crippen LogP contribution is -2.12. The summed E-state index contributed by atoms with van der Waals surface area (Å²) in [5.74, 6) is 0.439. The first-order valence-electron chi connectivity index (χ1n) is 5.43. The molecule has 0 saturated heterocycles. The van der Waals surface area contributed by atoms with E-state index in [1.54, 1.807) is 6.20 Å². The number of aromatic nitrogens is 2. The Kier molecular flexibility index (Phi) is 4.54. The van der Waals surface area contributed by atoms with Crippen LogP contribution in [0, 0.1) is 12.3 Å². The average molecular weight is 243 g/mol. The first-order chi connectivity index (χ1) is 7.42. The summed E-state index contributed by atoms with van der Waals surface area (Å²) >= 11 is 5.73. The van der Waals surface area contributed by atoms with E-state index in [0.29, 0.717) is 18.5 Å². The number of alkyl halides is 1. The Labute approximate surface area is 102 Å². The van der Waals surface area contributed by atoms with E-state index in [1.807, 2.05) is 6.92 Å². The average Bonchev–Trinajstić information content (AvgIpc) is 2.16. The Bertz CT molecular complexity index is 347. The van der Waals surface area contributed by atoms with Gasteiger partial charge in [-0.15, -0.1) is 11.6 Å². The minimum absolute atomic E-state index is 0.269. The van der Waals surface area contributed by atoms with E-state index in [0.717, 1.165) is 17.7 Å². The lowest BCUT2D eigenvalue weighted by Gasteiger charge is -2.17. The highest BCUT2D eigenvalue weighted by atomic mass is 35.5. The summed E-state index contributed by atoms with van der Waals surface area (Å²) in [4.78, 5) is 8.36. The van der Waals surface area contributed by atoms with Gasteiger partial charge in [-0.25, -0.2) is 9.97 Å². The summed E-state index contributed by atoms with van der Waals surface area (Å²) in [6.07, 6.45) is 2.70. The molecule has 0 spiro atoms. The van der Waals surface area contributed by atoms with Gasteiger partial charge in [-0.05, 0) is 18.8 Å². The topological polar surface area (TPSA) is 35.0 Å². The summed E-state index contributed by atoms with van der Waals surface area (Å²) in [6, 6.07) is 0.440. The quantitative estimate of drug-likeness (QED) is 0.760. The highest BCUT2D eigenvalue weighted by Crippen LogP contribution is 2.18. The van der Waals surface area contributed by atoms with Crippen molar-refractivity contribution in [3.63, 3.8) is 0 Å². The predicted molar refractivity (Wildman–Crippen MR) is 65.9 cm³/mol. The number of aryl methyl sites for hydroxylation is 1. The molecule has 1 rings (SSSR count). The van der Waals surface area contributed by atoms with Crippen molar-refractivity contribution in [2.45, 2.75) is 40.0 Å². The molecule has 3 nitrogen and oxygen atoms in total. The van der Waals surface area contributed by atoms with Crippen molar-refractivity contribution in [2.75, 3.05) is 6.61 Å². The first kappa shape index (κ1) is 13.2. The second-order valence-corrected chi connectivity index (χ2v) is 5.32. The number of nitrogens with zero attached hydrogens (tertiary/aromatic N) is 2. The maximum Gasteiger partial charge on any atom is 0.316 e. The number of halogens is 1. The summed E-state index contributed by atoms with van der Waals surface area (Å²) in [6.45, 7) is 9.09. The molecule has 0 unspecified atom stereocenters. The molecule has 0 aromatic carbocycles. The van der Waals surface area contributed by atoms with Gasteiger partial charge in [0.25, 0.3) is 0 Å². The smallest absolute Gasteiger partial charge is 0.316 e. The number of rotatable bonds is 4. The van der Waals surface area contributed by atoms with Gasteiger partial charge < -0.3 is 4.74 Å². The fraction of sp³-hybridized carbons (Fsp3) is 0.667. The zero-order valence-electron chi connectivity index (χ0n) is 10.4. The summed E-state index contributed by atoms with van der Waals surface area (Å²) < 4.78 is 5.50. The molecule has 0 aliphatic rings. The molecule has 0 amide bonds. The summed E-state index contributed by atoms with van der Waals surface area (Å²) in [7, 11) is 0. The molecule has 0 fully saturated rings. The van der Waals surface area contributed by atoms with Crippen LogP contribution in [-0.2, 0) is 5.88 Å². The second-order valence-electron chi connectivity index (χ2n) is 5.06. The number of ether oxygens (including phenoxy) is 1. The van der Waals surface area contributed by atoms with Gasteiger partial charge in [0.15, 0.2) is 0 Å². The lowest BCUT2D eigenvalue weighted by atomic mass is 9.93. The van der Waals surface area contributed by atoms with Crippen molar-refractivity contribution in [1.82, 2.24) is 9.97 Å². The molecular formula is C12H19ClN2O.